The second-order valence-electron chi connectivity index (χ2n) is 7.14. The summed E-state index contributed by atoms with van der Waals surface area (Å²) in [6.07, 6.45) is 2.35. The molecule has 31 heavy (non-hydrogen) atoms. The molecule has 0 spiro atoms. The predicted octanol–water partition coefficient (Wildman–Crippen LogP) is 4.00. The summed E-state index contributed by atoms with van der Waals surface area (Å²) in [5.74, 6) is 1.61. The van der Waals surface area contributed by atoms with Crippen LogP contribution in [0.1, 0.15) is 31.9 Å². The van der Waals surface area contributed by atoms with Crippen LogP contribution in [0.2, 0.25) is 0 Å². The van der Waals surface area contributed by atoms with E-state index in [1.807, 2.05) is 43.3 Å². The van der Waals surface area contributed by atoms with Crippen LogP contribution >= 0.6 is 0 Å². The maximum absolute atomic E-state index is 13.5. The molecule has 0 fully saturated rings. The van der Waals surface area contributed by atoms with Gasteiger partial charge in [0.1, 0.15) is 23.9 Å². The van der Waals surface area contributed by atoms with Crippen LogP contribution in [0.3, 0.4) is 0 Å². The highest BCUT2D eigenvalue weighted by Crippen LogP contribution is 2.39. The molecular formula is C23H25N5O3. The van der Waals surface area contributed by atoms with Crippen molar-refractivity contribution in [1.82, 2.24) is 14.8 Å². The summed E-state index contributed by atoms with van der Waals surface area (Å²) < 4.78 is 13.1. The molecule has 1 aromatic heterocycles. The van der Waals surface area contributed by atoms with E-state index in [2.05, 4.69) is 27.6 Å². The number of hydrogen-bond acceptors (Lipinski definition) is 6. The zero-order chi connectivity index (χ0) is 21.8. The second-order valence-corrected chi connectivity index (χ2v) is 7.14. The first-order valence-electron chi connectivity index (χ1n) is 10.2. The number of amides is 1. The van der Waals surface area contributed by atoms with E-state index in [1.54, 1.807) is 23.9 Å². The van der Waals surface area contributed by atoms with Gasteiger partial charge in [-0.3, -0.25) is 4.79 Å². The molecule has 2 aromatic carbocycles. The lowest BCUT2D eigenvalue weighted by molar-refractivity contribution is -0.113. The highest BCUT2D eigenvalue weighted by atomic mass is 16.5. The number of benzene rings is 2. The molecule has 2 heterocycles. The number of ether oxygens (including phenoxy) is 2. The van der Waals surface area contributed by atoms with Crippen molar-refractivity contribution in [2.75, 3.05) is 24.4 Å². The van der Waals surface area contributed by atoms with Crippen molar-refractivity contribution in [2.45, 2.75) is 26.3 Å². The van der Waals surface area contributed by atoms with E-state index in [0.717, 1.165) is 12.0 Å². The Morgan fingerprint density at radius 3 is 2.68 bits per heavy atom. The Hall–Kier alpha value is -3.81. The number of aromatic nitrogens is 3. The van der Waals surface area contributed by atoms with Crippen molar-refractivity contribution in [3.8, 4) is 11.5 Å². The van der Waals surface area contributed by atoms with Crippen LogP contribution in [0, 0.1) is 0 Å². The number of nitrogens with zero attached hydrogens (tertiary/aromatic N) is 3. The van der Waals surface area contributed by atoms with Gasteiger partial charge in [0.05, 0.1) is 25.0 Å². The Labute approximate surface area is 180 Å². The van der Waals surface area contributed by atoms with Crippen LogP contribution in [0.5, 0.6) is 11.5 Å². The molecule has 0 saturated heterocycles. The number of nitrogens with one attached hydrogen (secondary N) is 2. The topological polar surface area (TPSA) is 90.3 Å². The Kier molecular flexibility index (Phi) is 5.88. The van der Waals surface area contributed by atoms with Crippen LogP contribution in [0.15, 0.2) is 66.1 Å². The molecule has 1 aliphatic rings. The van der Waals surface area contributed by atoms with Crippen molar-refractivity contribution >= 4 is 17.5 Å². The minimum atomic E-state index is -0.499. The summed E-state index contributed by atoms with van der Waals surface area (Å²) in [6, 6.07) is 14.5. The molecule has 4 rings (SSSR count). The molecular weight excluding hydrogens is 394 g/mol. The van der Waals surface area contributed by atoms with Crippen LogP contribution in [0.4, 0.5) is 11.6 Å². The Bertz CT molecular complexity index is 1120. The third-order valence-electron chi connectivity index (χ3n) is 5.07. The number of methoxy groups -OCH3 is 1. The van der Waals surface area contributed by atoms with E-state index in [1.165, 1.54) is 6.33 Å². The van der Waals surface area contributed by atoms with E-state index < -0.39 is 6.04 Å². The normalized spacial score (nSPS) is 15.1. The van der Waals surface area contributed by atoms with E-state index in [-0.39, 0.29) is 5.91 Å². The van der Waals surface area contributed by atoms with Crippen LogP contribution in [-0.2, 0) is 4.79 Å². The van der Waals surface area contributed by atoms with Crippen LogP contribution < -0.4 is 20.1 Å². The highest BCUT2D eigenvalue weighted by molar-refractivity contribution is 6.06. The fourth-order valence-corrected chi connectivity index (χ4v) is 3.66. The van der Waals surface area contributed by atoms with Gasteiger partial charge in [-0.05, 0) is 31.5 Å². The van der Waals surface area contributed by atoms with Gasteiger partial charge in [-0.25, -0.2) is 4.68 Å². The molecule has 1 amide bonds. The zero-order valence-electron chi connectivity index (χ0n) is 17.8. The lowest BCUT2D eigenvalue weighted by Crippen LogP contribution is -2.31. The minimum Gasteiger partial charge on any atom is -0.495 e. The lowest BCUT2D eigenvalue weighted by Gasteiger charge is -2.29. The number of carbonyl (C=O) groups excluding carboxylic acids is 1. The molecule has 0 radical (unpaired) electrons. The number of anilines is 2. The first kappa shape index (κ1) is 20.5. The quantitative estimate of drug-likeness (QED) is 0.602. The van der Waals surface area contributed by atoms with E-state index >= 15 is 0 Å². The van der Waals surface area contributed by atoms with E-state index in [0.29, 0.717) is 41.0 Å². The smallest absolute Gasteiger partial charge is 0.255 e. The zero-order valence-corrected chi connectivity index (χ0v) is 17.8. The van der Waals surface area contributed by atoms with Gasteiger partial charge in [0.25, 0.3) is 5.91 Å². The largest absolute Gasteiger partial charge is 0.495 e. The van der Waals surface area contributed by atoms with Gasteiger partial charge in [0, 0.05) is 11.3 Å². The van der Waals surface area contributed by atoms with Gasteiger partial charge >= 0.3 is 0 Å². The summed E-state index contributed by atoms with van der Waals surface area (Å²) in [5.41, 5.74) is 2.65. The molecule has 8 heteroatoms. The van der Waals surface area contributed by atoms with Gasteiger partial charge in [0.15, 0.2) is 0 Å². The van der Waals surface area contributed by atoms with Crippen molar-refractivity contribution in [1.29, 1.82) is 0 Å². The average molecular weight is 419 g/mol. The molecule has 0 bridgehead atoms. The highest BCUT2D eigenvalue weighted by Gasteiger charge is 2.35. The predicted molar refractivity (Wildman–Crippen MR) is 118 cm³/mol. The number of allylic oxidation sites excluding steroid dienone is 1. The molecule has 0 saturated carbocycles. The third-order valence-corrected chi connectivity index (χ3v) is 5.07. The third kappa shape index (κ3) is 3.96. The van der Waals surface area contributed by atoms with Crippen molar-refractivity contribution in [2.24, 2.45) is 0 Å². The number of hydrogen-bond donors (Lipinski definition) is 2. The number of fused-ring (bicyclic) bond motifs is 1. The van der Waals surface area contributed by atoms with Gasteiger partial charge in [-0.2, -0.15) is 10.1 Å². The Morgan fingerprint density at radius 1 is 1.16 bits per heavy atom. The fourth-order valence-electron chi connectivity index (χ4n) is 3.66. The van der Waals surface area contributed by atoms with Crippen molar-refractivity contribution in [3.05, 3.63) is 71.7 Å². The molecule has 8 nitrogen and oxygen atoms in total. The maximum atomic E-state index is 13.5. The fraction of sp³-hybridized carbons (Fsp3) is 0.261. The minimum absolute atomic E-state index is 0.258. The number of carbonyl (C=O) groups is 1. The van der Waals surface area contributed by atoms with Crippen molar-refractivity contribution in [3.63, 3.8) is 0 Å². The summed E-state index contributed by atoms with van der Waals surface area (Å²) in [4.78, 5) is 17.8. The summed E-state index contributed by atoms with van der Waals surface area (Å²) >= 11 is 0. The number of para-hydroxylation sites is 3. The molecule has 2 N–H and O–H groups in total. The molecule has 0 aliphatic carbocycles. The standard InChI is InChI=1S/C23H25N5O3/c1-4-13-31-18-11-7-5-9-16(18)21-20(15(2)26-23-24-14-25-28(21)23)22(29)27-17-10-6-8-12-19(17)30-3/h5-12,14,21H,4,13H2,1-3H3,(H,27,29)(H,24,25,26). The van der Waals surface area contributed by atoms with E-state index in [9.17, 15) is 4.79 Å². The monoisotopic (exact) mass is 419 g/mol. The first-order chi connectivity index (χ1) is 15.1. The second kappa shape index (κ2) is 8.91. The van der Waals surface area contributed by atoms with Crippen LogP contribution in [0.25, 0.3) is 0 Å². The number of rotatable bonds is 7. The maximum Gasteiger partial charge on any atom is 0.255 e. The van der Waals surface area contributed by atoms with Gasteiger partial charge in [0.2, 0.25) is 5.95 Å². The van der Waals surface area contributed by atoms with Crippen LogP contribution in [-0.4, -0.2) is 34.4 Å². The Morgan fingerprint density at radius 2 is 1.90 bits per heavy atom. The molecule has 1 unspecified atom stereocenters. The molecule has 1 atom stereocenters. The molecule has 160 valence electrons. The Balaban J connectivity index is 1.78. The molecule has 3 aromatic rings. The average Bonchev–Trinajstić information content (AvgIpc) is 3.25. The van der Waals surface area contributed by atoms with Gasteiger partial charge in [-0.15, -0.1) is 0 Å². The summed E-state index contributed by atoms with van der Waals surface area (Å²) in [5, 5.41) is 10.6. The lowest BCUT2D eigenvalue weighted by atomic mass is 9.94. The summed E-state index contributed by atoms with van der Waals surface area (Å²) in [7, 11) is 1.57. The first-order valence-corrected chi connectivity index (χ1v) is 10.2. The summed E-state index contributed by atoms with van der Waals surface area (Å²) in [6.45, 7) is 4.49. The SMILES string of the molecule is CCCOc1ccccc1C1C(C(=O)Nc2ccccc2OC)=C(C)Nc2ncnn21. The molecule has 1 aliphatic heterocycles. The van der Waals surface area contributed by atoms with Crippen molar-refractivity contribution < 1.29 is 14.3 Å². The van der Waals surface area contributed by atoms with E-state index in [4.69, 9.17) is 9.47 Å². The van der Waals surface area contributed by atoms with Gasteiger partial charge in [-0.1, -0.05) is 37.3 Å². The van der Waals surface area contributed by atoms with Gasteiger partial charge < -0.3 is 20.1 Å².